The SMILES string of the molecule is CC(Br)C(C)c1ccc(S(C)(=O)=O)cc1[N+](=O)[O-]. The molecule has 0 saturated heterocycles. The number of rotatable bonds is 4. The van der Waals surface area contributed by atoms with Gasteiger partial charge in [0.2, 0.25) is 0 Å². The van der Waals surface area contributed by atoms with Gasteiger partial charge in [-0.2, -0.15) is 0 Å². The van der Waals surface area contributed by atoms with Crippen LogP contribution < -0.4 is 0 Å². The normalized spacial score (nSPS) is 15.1. The van der Waals surface area contributed by atoms with E-state index in [9.17, 15) is 18.5 Å². The van der Waals surface area contributed by atoms with E-state index in [0.29, 0.717) is 5.56 Å². The highest BCUT2D eigenvalue weighted by atomic mass is 79.9. The number of sulfone groups is 1. The Labute approximate surface area is 114 Å². The predicted molar refractivity (Wildman–Crippen MR) is 73.0 cm³/mol. The van der Waals surface area contributed by atoms with E-state index in [1.807, 2.05) is 13.8 Å². The second-order valence-corrected chi connectivity index (χ2v) is 7.68. The molecule has 0 heterocycles. The largest absolute Gasteiger partial charge is 0.274 e. The third kappa shape index (κ3) is 3.29. The van der Waals surface area contributed by atoms with Crippen LogP contribution in [0, 0.1) is 10.1 Å². The first-order chi connectivity index (χ1) is 8.14. The van der Waals surface area contributed by atoms with E-state index in [2.05, 4.69) is 15.9 Å². The fourth-order valence-electron chi connectivity index (χ4n) is 1.54. The molecule has 0 aromatic heterocycles. The van der Waals surface area contributed by atoms with E-state index in [-0.39, 0.29) is 21.3 Å². The van der Waals surface area contributed by atoms with Crippen molar-refractivity contribution in [1.82, 2.24) is 0 Å². The van der Waals surface area contributed by atoms with E-state index in [0.717, 1.165) is 12.3 Å². The molecule has 1 aromatic rings. The first-order valence-electron chi connectivity index (χ1n) is 5.27. The van der Waals surface area contributed by atoms with Crippen molar-refractivity contribution in [3.63, 3.8) is 0 Å². The van der Waals surface area contributed by atoms with E-state index in [4.69, 9.17) is 0 Å². The van der Waals surface area contributed by atoms with Crippen molar-refractivity contribution in [2.45, 2.75) is 29.5 Å². The minimum atomic E-state index is -3.44. The smallest absolute Gasteiger partial charge is 0.258 e. The molecule has 2 unspecified atom stereocenters. The standard InChI is InChI=1S/C11H14BrNO4S/c1-7(8(2)12)10-5-4-9(18(3,16)17)6-11(10)13(14)15/h4-8H,1-3H3. The Balaban J connectivity index is 3.43. The molecule has 0 aliphatic rings. The van der Waals surface area contributed by atoms with Crippen LogP contribution >= 0.6 is 15.9 Å². The summed E-state index contributed by atoms with van der Waals surface area (Å²) in [6, 6.07) is 4.04. The Bertz CT molecular complexity index is 568. The highest BCUT2D eigenvalue weighted by Crippen LogP contribution is 2.33. The van der Waals surface area contributed by atoms with Gasteiger partial charge in [-0.05, 0) is 6.07 Å². The lowest BCUT2D eigenvalue weighted by molar-refractivity contribution is -0.385. The van der Waals surface area contributed by atoms with Crippen molar-refractivity contribution in [2.75, 3.05) is 6.26 Å². The molecule has 2 atom stereocenters. The summed E-state index contributed by atoms with van der Waals surface area (Å²) in [4.78, 5) is 10.5. The van der Waals surface area contributed by atoms with Crippen LogP contribution in [-0.2, 0) is 9.84 Å². The van der Waals surface area contributed by atoms with Crippen LogP contribution in [0.25, 0.3) is 0 Å². The van der Waals surface area contributed by atoms with Crippen molar-refractivity contribution >= 4 is 31.5 Å². The highest BCUT2D eigenvalue weighted by Gasteiger charge is 2.24. The number of nitro benzene ring substituents is 1. The lowest BCUT2D eigenvalue weighted by Gasteiger charge is -2.15. The van der Waals surface area contributed by atoms with Crippen LogP contribution in [0.1, 0.15) is 25.3 Å². The zero-order valence-electron chi connectivity index (χ0n) is 10.3. The van der Waals surface area contributed by atoms with Crippen LogP contribution in [0.5, 0.6) is 0 Å². The second kappa shape index (κ2) is 5.36. The van der Waals surface area contributed by atoms with Gasteiger partial charge in [-0.1, -0.05) is 35.8 Å². The molecule has 0 spiro atoms. The summed E-state index contributed by atoms with van der Waals surface area (Å²) < 4.78 is 22.8. The predicted octanol–water partition coefficient (Wildman–Crippen LogP) is 2.89. The van der Waals surface area contributed by atoms with Gasteiger partial charge in [0.05, 0.1) is 9.82 Å². The van der Waals surface area contributed by atoms with Crippen molar-refractivity contribution in [3.05, 3.63) is 33.9 Å². The molecule has 0 aliphatic carbocycles. The molecule has 1 rings (SSSR count). The molecule has 0 radical (unpaired) electrons. The van der Waals surface area contributed by atoms with Crippen molar-refractivity contribution in [3.8, 4) is 0 Å². The molecule has 18 heavy (non-hydrogen) atoms. The fraction of sp³-hybridized carbons (Fsp3) is 0.455. The van der Waals surface area contributed by atoms with Crippen molar-refractivity contribution in [2.24, 2.45) is 0 Å². The molecule has 100 valence electrons. The van der Waals surface area contributed by atoms with E-state index in [1.54, 1.807) is 0 Å². The Morgan fingerprint density at radius 3 is 2.28 bits per heavy atom. The van der Waals surface area contributed by atoms with Gasteiger partial charge in [-0.15, -0.1) is 0 Å². The van der Waals surface area contributed by atoms with Gasteiger partial charge in [0.15, 0.2) is 9.84 Å². The van der Waals surface area contributed by atoms with Crippen LogP contribution in [0.15, 0.2) is 23.1 Å². The summed E-state index contributed by atoms with van der Waals surface area (Å²) in [7, 11) is -3.44. The summed E-state index contributed by atoms with van der Waals surface area (Å²) in [5.74, 6) is -0.0842. The molecule has 0 bridgehead atoms. The minimum Gasteiger partial charge on any atom is -0.258 e. The fourth-order valence-corrected chi connectivity index (χ4v) is 2.47. The molecule has 5 nitrogen and oxygen atoms in total. The Morgan fingerprint density at radius 2 is 1.89 bits per heavy atom. The van der Waals surface area contributed by atoms with Crippen molar-refractivity contribution < 1.29 is 13.3 Å². The van der Waals surface area contributed by atoms with Crippen LogP contribution in [0.3, 0.4) is 0 Å². The molecular weight excluding hydrogens is 322 g/mol. The first kappa shape index (κ1) is 15.1. The van der Waals surface area contributed by atoms with Crippen molar-refractivity contribution in [1.29, 1.82) is 0 Å². The van der Waals surface area contributed by atoms with Crippen LogP contribution in [0.2, 0.25) is 0 Å². The second-order valence-electron chi connectivity index (χ2n) is 4.22. The zero-order valence-corrected chi connectivity index (χ0v) is 12.7. The average Bonchev–Trinajstić information content (AvgIpc) is 2.25. The number of benzene rings is 1. The van der Waals surface area contributed by atoms with Gasteiger partial charge in [0.1, 0.15) is 0 Å². The van der Waals surface area contributed by atoms with Gasteiger partial charge in [-0.25, -0.2) is 8.42 Å². The zero-order chi connectivity index (χ0) is 14.1. The summed E-state index contributed by atoms with van der Waals surface area (Å²) in [5.41, 5.74) is 0.369. The monoisotopic (exact) mass is 335 g/mol. The summed E-state index contributed by atoms with van der Waals surface area (Å²) in [6.07, 6.45) is 1.03. The molecule has 0 aliphatic heterocycles. The van der Waals surface area contributed by atoms with E-state index in [1.165, 1.54) is 12.1 Å². The highest BCUT2D eigenvalue weighted by molar-refractivity contribution is 9.09. The third-order valence-electron chi connectivity index (χ3n) is 2.81. The Kier molecular flexibility index (Phi) is 4.50. The number of nitro groups is 1. The molecular formula is C11H14BrNO4S. The van der Waals surface area contributed by atoms with E-state index < -0.39 is 14.8 Å². The van der Waals surface area contributed by atoms with Gasteiger partial charge in [-0.3, -0.25) is 10.1 Å². The molecule has 7 heteroatoms. The van der Waals surface area contributed by atoms with Gasteiger partial charge in [0.25, 0.3) is 5.69 Å². The first-order valence-corrected chi connectivity index (χ1v) is 8.07. The summed E-state index contributed by atoms with van der Waals surface area (Å²) in [6.45, 7) is 3.74. The Hall–Kier alpha value is -0.950. The Morgan fingerprint density at radius 1 is 1.33 bits per heavy atom. The number of halogens is 1. The van der Waals surface area contributed by atoms with Gasteiger partial charge >= 0.3 is 0 Å². The number of alkyl halides is 1. The summed E-state index contributed by atoms with van der Waals surface area (Å²) >= 11 is 3.38. The number of hydrogen-bond acceptors (Lipinski definition) is 4. The maximum Gasteiger partial charge on any atom is 0.274 e. The average molecular weight is 336 g/mol. The van der Waals surface area contributed by atoms with Crippen LogP contribution in [-0.4, -0.2) is 24.4 Å². The van der Waals surface area contributed by atoms with E-state index >= 15 is 0 Å². The van der Waals surface area contributed by atoms with Crippen LogP contribution in [0.4, 0.5) is 5.69 Å². The maximum atomic E-state index is 11.4. The van der Waals surface area contributed by atoms with Gasteiger partial charge in [0, 0.05) is 28.6 Å². The molecule has 0 N–H and O–H groups in total. The molecule has 0 fully saturated rings. The summed E-state index contributed by atoms with van der Waals surface area (Å²) in [5, 5.41) is 11.0. The lowest BCUT2D eigenvalue weighted by atomic mass is 9.97. The molecule has 0 amide bonds. The number of nitrogens with zero attached hydrogens (tertiary/aromatic N) is 1. The quantitative estimate of drug-likeness (QED) is 0.481. The topological polar surface area (TPSA) is 77.3 Å². The van der Waals surface area contributed by atoms with Gasteiger partial charge < -0.3 is 0 Å². The minimum absolute atomic E-state index is 0.0348. The molecule has 1 aromatic carbocycles. The molecule has 0 saturated carbocycles. The third-order valence-corrected chi connectivity index (χ3v) is 4.71. The lowest BCUT2D eigenvalue weighted by Crippen LogP contribution is -2.09. The number of hydrogen-bond donors (Lipinski definition) is 0. The maximum absolute atomic E-state index is 11.4.